The number of ether oxygens (including phenoxy) is 1. The monoisotopic (exact) mass is 400 g/mol. The Morgan fingerprint density at radius 1 is 1.00 bits per heavy atom. The smallest absolute Gasteiger partial charge is 0.410 e. The van der Waals surface area contributed by atoms with Crippen molar-refractivity contribution in [1.82, 2.24) is 9.88 Å². The van der Waals surface area contributed by atoms with E-state index in [-0.39, 0.29) is 18.3 Å². The summed E-state index contributed by atoms with van der Waals surface area (Å²) in [4.78, 5) is 30.9. The van der Waals surface area contributed by atoms with E-state index in [1.807, 2.05) is 31.2 Å². The van der Waals surface area contributed by atoms with E-state index in [0.717, 1.165) is 16.8 Å². The second kappa shape index (κ2) is 8.11. The molecule has 4 rings (SSSR count). The molecule has 1 aliphatic carbocycles. The van der Waals surface area contributed by atoms with E-state index in [2.05, 4.69) is 29.2 Å². The van der Waals surface area contributed by atoms with Crippen molar-refractivity contribution in [2.75, 3.05) is 13.7 Å². The molecule has 2 aromatic carbocycles. The molecule has 1 atom stereocenters. The van der Waals surface area contributed by atoms with Gasteiger partial charge in [0.25, 0.3) is 0 Å². The van der Waals surface area contributed by atoms with Crippen molar-refractivity contribution < 1.29 is 14.3 Å². The summed E-state index contributed by atoms with van der Waals surface area (Å²) in [5.41, 5.74) is 5.99. The number of rotatable bonds is 5. The van der Waals surface area contributed by atoms with E-state index in [1.165, 1.54) is 16.0 Å². The topological polar surface area (TPSA) is 59.5 Å². The van der Waals surface area contributed by atoms with Crippen molar-refractivity contribution in [2.24, 2.45) is 0 Å². The number of carbonyl (C=O) groups excluding carboxylic acids is 2. The first kappa shape index (κ1) is 19.8. The lowest BCUT2D eigenvalue weighted by molar-refractivity contribution is 0.0754. The van der Waals surface area contributed by atoms with Crippen LogP contribution in [0.1, 0.15) is 40.0 Å². The highest BCUT2D eigenvalue weighted by molar-refractivity contribution is 6.00. The molecule has 152 valence electrons. The summed E-state index contributed by atoms with van der Waals surface area (Å²) in [7, 11) is 1.59. The second-order valence-electron chi connectivity index (χ2n) is 7.64. The zero-order valence-corrected chi connectivity index (χ0v) is 17.3. The molecule has 0 saturated heterocycles. The highest BCUT2D eigenvalue weighted by Gasteiger charge is 2.30. The number of pyridine rings is 1. The third kappa shape index (κ3) is 3.59. The van der Waals surface area contributed by atoms with Crippen molar-refractivity contribution in [3.05, 3.63) is 89.2 Å². The lowest BCUT2D eigenvalue weighted by Crippen LogP contribution is -2.41. The predicted octanol–water partition coefficient (Wildman–Crippen LogP) is 4.84. The maximum Gasteiger partial charge on any atom is 0.410 e. The molecular formula is C25H24N2O3. The Morgan fingerprint density at radius 3 is 2.17 bits per heavy atom. The molecule has 30 heavy (non-hydrogen) atoms. The lowest BCUT2D eigenvalue weighted by Gasteiger charge is -2.24. The van der Waals surface area contributed by atoms with Gasteiger partial charge in [0, 0.05) is 30.4 Å². The molecule has 1 unspecified atom stereocenters. The number of amides is 1. The minimum absolute atomic E-state index is 0.0120. The van der Waals surface area contributed by atoms with Crippen molar-refractivity contribution in [3.63, 3.8) is 0 Å². The van der Waals surface area contributed by atoms with E-state index >= 15 is 0 Å². The van der Waals surface area contributed by atoms with Crippen LogP contribution in [-0.2, 0) is 4.74 Å². The molecule has 0 N–H and O–H groups in total. The van der Waals surface area contributed by atoms with Gasteiger partial charge in [0.05, 0.1) is 6.04 Å². The molecular weight excluding hydrogens is 376 g/mol. The number of likely N-dealkylation sites (N-methyl/N-ethyl adjacent to an activating group) is 1. The van der Waals surface area contributed by atoms with Gasteiger partial charge < -0.3 is 9.64 Å². The number of hydrogen-bond donors (Lipinski definition) is 0. The van der Waals surface area contributed by atoms with E-state index in [9.17, 15) is 9.59 Å². The van der Waals surface area contributed by atoms with E-state index in [0.29, 0.717) is 5.56 Å². The van der Waals surface area contributed by atoms with Crippen molar-refractivity contribution in [3.8, 4) is 11.1 Å². The quantitative estimate of drug-likeness (QED) is 0.575. The Bertz CT molecular complexity index is 1050. The van der Waals surface area contributed by atoms with Crippen LogP contribution in [0.5, 0.6) is 0 Å². The van der Waals surface area contributed by atoms with Gasteiger partial charge in [0.2, 0.25) is 0 Å². The van der Waals surface area contributed by atoms with Crippen LogP contribution in [0.2, 0.25) is 0 Å². The number of hydrogen-bond acceptors (Lipinski definition) is 4. The Hall–Kier alpha value is -3.47. The third-order valence-corrected chi connectivity index (χ3v) is 5.78. The molecule has 1 heterocycles. The average molecular weight is 400 g/mol. The van der Waals surface area contributed by atoms with Crippen molar-refractivity contribution in [2.45, 2.75) is 25.8 Å². The fourth-order valence-corrected chi connectivity index (χ4v) is 3.88. The zero-order chi connectivity index (χ0) is 21.3. The zero-order valence-electron chi connectivity index (χ0n) is 17.3. The summed E-state index contributed by atoms with van der Waals surface area (Å²) in [6.07, 6.45) is 1.03. The maximum absolute atomic E-state index is 12.7. The molecule has 3 aromatic rings. The summed E-state index contributed by atoms with van der Waals surface area (Å²) in [6, 6.07) is 19.3. The van der Waals surface area contributed by atoms with Gasteiger partial charge in [-0.3, -0.25) is 9.78 Å². The summed E-state index contributed by atoms with van der Waals surface area (Å²) >= 11 is 0. The molecule has 1 aromatic heterocycles. The van der Waals surface area contributed by atoms with Gasteiger partial charge >= 0.3 is 6.09 Å². The molecule has 0 fully saturated rings. The normalized spacial score (nSPS) is 13.3. The summed E-state index contributed by atoms with van der Waals surface area (Å²) < 4.78 is 5.65. The van der Waals surface area contributed by atoms with Crippen LogP contribution in [0.15, 0.2) is 66.9 Å². The van der Waals surface area contributed by atoms with Crippen LogP contribution in [0.25, 0.3) is 11.1 Å². The molecule has 5 heteroatoms. The van der Waals surface area contributed by atoms with Gasteiger partial charge in [-0.05, 0) is 48.2 Å². The molecule has 1 amide bonds. The first-order valence-corrected chi connectivity index (χ1v) is 10.0. The molecule has 5 nitrogen and oxygen atoms in total. The fraction of sp³-hybridized carbons (Fsp3) is 0.240. The Kier molecular flexibility index (Phi) is 5.36. The largest absolute Gasteiger partial charge is 0.448 e. The Morgan fingerprint density at radius 2 is 1.60 bits per heavy atom. The van der Waals surface area contributed by atoms with Crippen LogP contribution >= 0.6 is 0 Å². The lowest BCUT2D eigenvalue weighted by atomic mass is 9.98. The van der Waals surface area contributed by atoms with E-state index in [1.54, 1.807) is 32.3 Å². The van der Waals surface area contributed by atoms with Crippen molar-refractivity contribution in [1.29, 1.82) is 0 Å². The molecule has 0 spiro atoms. The Balaban J connectivity index is 1.45. The minimum atomic E-state index is -0.648. The number of nitrogens with zero attached hydrogens (tertiary/aromatic N) is 2. The van der Waals surface area contributed by atoms with E-state index in [4.69, 9.17) is 4.74 Å². The van der Waals surface area contributed by atoms with Crippen molar-refractivity contribution >= 4 is 11.9 Å². The number of benzene rings is 2. The Labute approximate surface area is 176 Å². The first-order chi connectivity index (χ1) is 14.5. The SMILES string of the molecule is Cc1ccc(C(=O)C(C)N(C)C(=O)OCC2c3ccccc3-c3ccccc32)cn1. The first-order valence-electron chi connectivity index (χ1n) is 10.0. The van der Waals surface area contributed by atoms with Gasteiger partial charge in [-0.25, -0.2) is 4.79 Å². The highest BCUT2D eigenvalue weighted by atomic mass is 16.6. The van der Waals surface area contributed by atoms with Gasteiger partial charge in [0.1, 0.15) is 6.61 Å². The average Bonchev–Trinajstić information content (AvgIpc) is 3.10. The van der Waals surface area contributed by atoms with Crippen LogP contribution in [0.3, 0.4) is 0 Å². The molecule has 0 radical (unpaired) electrons. The standard InChI is InChI=1S/C25H24N2O3/c1-16-12-13-18(14-26-16)24(28)17(2)27(3)25(29)30-15-23-21-10-6-4-8-19(21)20-9-5-7-11-22(20)23/h4-14,17,23H,15H2,1-3H3. The number of carbonyl (C=O) groups is 2. The van der Waals surface area contributed by atoms with Gasteiger partial charge in [-0.15, -0.1) is 0 Å². The molecule has 1 aliphatic rings. The summed E-state index contributed by atoms with van der Waals surface area (Å²) in [5, 5.41) is 0. The molecule has 0 saturated carbocycles. The third-order valence-electron chi connectivity index (χ3n) is 5.78. The number of aromatic nitrogens is 1. The second-order valence-corrected chi connectivity index (χ2v) is 7.64. The van der Waals surface area contributed by atoms with Gasteiger partial charge in [0.15, 0.2) is 5.78 Å². The molecule has 0 bridgehead atoms. The number of aryl methyl sites for hydroxylation is 1. The van der Waals surface area contributed by atoms with Crippen LogP contribution in [-0.4, -0.2) is 41.5 Å². The number of ketones is 1. The maximum atomic E-state index is 12.7. The van der Waals surface area contributed by atoms with Gasteiger partial charge in [-0.2, -0.15) is 0 Å². The molecule has 0 aliphatic heterocycles. The predicted molar refractivity (Wildman–Crippen MR) is 116 cm³/mol. The summed E-state index contributed by atoms with van der Waals surface area (Å²) in [6.45, 7) is 3.79. The van der Waals surface area contributed by atoms with E-state index < -0.39 is 12.1 Å². The van der Waals surface area contributed by atoms with Crippen LogP contribution < -0.4 is 0 Å². The number of fused-ring (bicyclic) bond motifs is 3. The highest BCUT2D eigenvalue weighted by Crippen LogP contribution is 2.44. The number of Topliss-reactive ketones (excluding diaryl/α,β-unsaturated/α-hetero) is 1. The minimum Gasteiger partial charge on any atom is -0.448 e. The van der Waals surface area contributed by atoms with Crippen LogP contribution in [0, 0.1) is 6.92 Å². The fourth-order valence-electron chi connectivity index (χ4n) is 3.88. The van der Waals surface area contributed by atoms with Crippen LogP contribution in [0.4, 0.5) is 4.79 Å². The summed E-state index contributed by atoms with van der Waals surface area (Å²) in [5.74, 6) is -0.180. The van der Waals surface area contributed by atoms with Gasteiger partial charge in [-0.1, -0.05) is 48.5 Å².